The zero-order valence-electron chi connectivity index (χ0n) is 15.7. The monoisotopic (exact) mass is 396 g/mol. The molecule has 0 atom stereocenters. The molecule has 1 aliphatic heterocycles. The number of nitrogens with zero attached hydrogens (tertiary/aromatic N) is 4. The van der Waals surface area contributed by atoms with E-state index in [1.807, 2.05) is 29.2 Å². The topological polar surface area (TPSA) is 43.2 Å². The second-order valence-electron chi connectivity index (χ2n) is 7.09. The average molecular weight is 396 g/mol. The second kappa shape index (κ2) is 7.72. The number of pyridine rings is 1. The molecule has 0 unspecified atom stereocenters. The van der Waals surface area contributed by atoms with E-state index in [9.17, 15) is 13.2 Å². The third-order valence-corrected chi connectivity index (χ3v) is 5.28. The van der Waals surface area contributed by atoms with Crippen LogP contribution in [0, 0.1) is 11.3 Å². The number of piperazine rings is 1. The van der Waals surface area contributed by atoms with Crippen LogP contribution in [0.1, 0.15) is 16.7 Å². The highest BCUT2D eigenvalue weighted by Crippen LogP contribution is 2.34. The molecule has 0 bridgehead atoms. The van der Waals surface area contributed by atoms with Crippen molar-refractivity contribution in [3.63, 3.8) is 0 Å². The van der Waals surface area contributed by atoms with Crippen molar-refractivity contribution in [3.8, 4) is 6.07 Å². The predicted octanol–water partition coefficient (Wildman–Crippen LogP) is 4.45. The molecule has 29 heavy (non-hydrogen) atoms. The number of aromatic nitrogens is 1. The summed E-state index contributed by atoms with van der Waals surface area (Å²) in [6.45, 7) is 3.49. The van der Waals surface area contributed by atoms with E-state index in [4.69, 9.17) is 5.26 Å². The lowest BCUT2D eigenvalue weighted by atomic mass is 10.1. The van der Waals surface area contributed by atoms with Crippen LogP contribution in [0.25, 0.3) is 10.9 Å². The van der Waals surface area contributed by atoms with Crippen molar-refractivity contribution >= 4 is 16.6 Å². The van der Waals surface area contributed by atoms with E-state index in [0.29, 0.717) is 18.8 Å². The highest BCUT2D eigenvalue weighted by molar-refractivity contribution is 5.81. The molecule has 148 valence electrons. The summed E-state index contributed by atoms with van der Waals surface area (Å²) in [5, 5.41) is 10.1. The fraction of sp³-hybridized carbons (Fsp3) is 0.273. The summed E-state index contributed by atoms with van der Waals surface area (Å²) in [5.74, 6) is 0. The van der Waals surface area contributed by atoms with Gasteiger partial charge in [-0.1, -0.05) is 24.3 Å². The number of hydrogen-bond acceptors (Lipinski definition) is 4. The van der Waals surface area contributed by atoms with Crippen molar-refractivity contribution in [1.29, 1.82) is 5.26 Å². The van der Waals surface area contributed by atoms with Gasteiger partial charge in [-0.05, 0) is 29.8 Å². The summed E-state index contributed by atoms with van der Waals surface area (Å²) in [5.41, 5.74) is 1.42. The van der Waals surface area contributed by atoms with Crippen LogP contribution < -0.4 is 4.90 Å². The number of benzene rings is 2. The van der Waals surface area contributed by atoms with Crippen LogP contribution in [-0.2, 0) is 12.7 Å². The molecule has 0 amide bonds. The zero-order chi connectivity index (χ0) is 20.4. The van der Waals surface area contributed by atoms with Gasteiger partial charge >= 0.3 is 6.18 Å². The molecule has 0 N–H and O–H groups in total. The Kier molecular flexibility index (Phi) is 5.12. The number of para-hydroxylation sites is 1. The number of fused-ring (bicyclic) bond motifs is 1. The predicted molar refractivity (Wildman–Crippen MR) is 105 cm³/mol. The summed E-state index contributed by atoms with van der Waals surface area (Å²) in [7, 11) is 0. The van der Waals surface area contributed by atoms with Crippen molar-refractivity contribution < 1.29 is 13.2 Å². The van der Waals surface area contributed by atoms with Gasteiger partial charge < -0.3 is 4.90 Å². The number of rotatable bonds is 3. The summed E-state index contributed by atoms with van der Waals surface area (Å²) in [4.78, 5) is 8.71. The third kappa shape index (κ3) is 4.03. The molecule has 7 heteroatoms. The van der Waals surface area contributed by atoms with Gasteiger partial charge in [0.1, 0.15) is 0 Å². The first-order valence-corrected chi connectivity index (χ1v) is 9.37. The molecule has 0 aliphatic carbocycles. The van der Waals surface area contributed by atoms with Gasteiger partial charge in [0.25, 0.3) is 0 Å². The molecule has 0 radical (unpaired) electrons. The van der Waals surface area contributed by atoms with Gasteiger partial charge in [0.05, 0.1) is 22.7 Å². The first kappa shape index (κ1) is 19.2. The lowest BCUT2D eigenvalue weighted by molar-refractivity contribution is -0.137. The van der Waals surface area contributed by atoms with Gasteiger partial charge in [-0.15, -0.1) is 0 Å². The molecule has 1 aliphatic rings. The fourth-order valence-corrected chi connectivity index (χ4v) is 3.76. The quantitative estimate of drug-likeness (QED) is 0.656. The zero-order valence-corrected chi connectivity index (χ0v) is 15.7. The Hall–Kier alpha value is -3.11. The number of anilines is 1. The van der Waals surface area contributed by atoms with E-state index in [1.54, 1.807) is 18.3 Å². The molecule has 2 aromatic carbocycles. The lowest BCUT2D eigenvalue weighted by Gasteiger charge is -2.36. The third-order valence-electron chi connectivity index (χ3n) is 5.28. The van der Waals surface area contributed by atoms with E-state index < -0.39 is 11.7 Å². The van der Waals surface area contributed by atoms with Crippen molar-refractivity contribution in [2.45, 2.75) is 12.7 Å². The molecule has 1 saturated heterocycles. The number of nitriles is 1. The van der Waals surface area contributed by atoms with Crippen LogP contribution in [0.4, 0.5) is 18.9 Å². The van der Waals surface area contributed by atoms with Crippen LogP contribution in [0.3, 0.4) is 0 Å². The van der Waals surface area contributed by atoms with E-state index in [0.717, 1.165) is 42.2 Å². The first-order valence-electron chi connectivity index (χ1n) is 9.37. The molecule has 2 heterocycles. The molecule has 4 nitrogen and oxygen atoms in total. The highest BCUT2D eigenvalue weighted by atomic mass is 19.4. The van der Waals surface area contributed by atoms with Gasteiger partial charge in [0.15, 0.2) is 0 Å². The molecular formula is C22H19F3N4. The fourth-order valence-electron chi connectivity index (χ4n) is 3.76. The van der Waals surface area contributed by atoms with E-state index in [2.05, 4.69) is 16.0 Å². The van der Waals surface area contributed by atoms with Crippen LogP contribution >= 0.6 is 0 Å². The van der Waals surface area contributed by atoms with Crippen molar-refractivity contribution in [3.05, 3.63) is 71.4 Å². The Morgan fingerprint density at radius 3 is 2.48 bits per heavy atom. The number of alkyl halides is 3. The van der Waals surface area contributed by atoms with Crippen molar-refractivity contribution in [2.75, 3.05) is 31.1 Å². The summed E-state index contributed by atoms with van der Waals surface area (Å²) in [6, 6.07) is 15.6. The lowest BCUT2D eigenvalue weighted by Crippen LogP contribution is -2.46. The van der Waals surface area contributed by atoms with E-state index in [1.165, 1.54) is 6.07 Å². The normalized spacial score (nSPS) is 15.4. The SMILES string of the molecule is N#Cc1ccc(N2CCN(Cc3cccc4cccnc34)CC2)cc1C(F)(F)F. The summed E-state index contributed by atoms with van der Waals surface area (Å²) < 4.78 is 39.7. The van der Waals surface area contributed by atoms with Gasteiger partial charge in [-0.2, -0.15) is 18.4 Å². The van der Waals surface area contributed by atoms with Crippen molar-refractivity contribution in [2.24, 2.45) is 0 Å². The number of halogens is 3. The minimum atomic E-state index is -4.54. The molecule has 0 spiro atoms. The summed E-state index contributed by atoms with van der Waals surface area (Å²) in [6.07, 6.45) is -2.75. The Morgan fingerprint density at radius 1 is 1.00 bits per heavy atom. The Labute approximate surface area is 166 Å². The maximum atomic E-state index is 13.2. The maximum Gasteiger partial charge on any atom is 0.417 e. The molecule has 0 saturated carbocycles. The standard InChI is InChI=1S/C22H19F3N4/c23-22(24,25)20-13-19(7-6-17(20)14-26)29-11-9-28(10-12-29)15-18-4-1-3-16-5-2-8-27-21(16)18/h1-8,13H,9-12,15H2. The smallest absolute Gasteiger partial charge is 0.369 e. The Bertz CT molecular complexity index is 1060. The van der Waals surface area contributed by atoms with Gasteiger partial charge in [-0.25, -0.2) is 0 Å². The highest BCUT2D eigenvalue weighted by Gasteiger charge is 2.34. The van der Waals surface area contributed by atoms with Gasteiger partial charge in [0, 0.05) is 50.0 Å². The van der Waals surface area contributed by atoms with Crippen LogP contribution in [0.5, 0.6) is 0 Å². The maximum absolute atomic E-state index is 13.2. The molecule has 1 aromatic heterocycles. The van der Waals surface area contributed by atoms with Crippen LogP contribution in [-0.4, -0.2) is 36.1 Å². The van der Waals surface area contributed by atoms with E-state index >= 15 is 0 Å². The van der Waals surface area contributed by atoms with Gasteiger partial charge in [-0.3, -0.25) is 9.88 Å². The number of hydrogen-bond donors (Lipinski definition) is 0. The van der Waals surface area contributed by atoms with Crippen LogP contribution in [0.2, 0.25) is 0 Å². The van der Waals surface area contributed by atoms with Crippen LogP contribution in [0.15, 0.2) is 54.7 Å². The van der Waals surface area contributed by atoms with E-state index in [-0.39, 0.29) is 5.56 Å². The van der Waals surface area contributed by atoms with Gasteiger partial charge in [0.2, 0.25) is 0 Å². The molecule has 4 rings (SSSR count). The molecule has 1 fully saturated rings. The Morgan fingerprint density at radius 2 is 1.76 bits per heavy atom. The largest absolute Gasteiger partial charge is 0.417 e. The Balaban J connectivity index is 1.47. The first-order chi connectivity index (χ1) is 14.0. The van der Waals surface area contributed by atoms with Crippen molar-refractivity contribution in [1.82, 2.24) is 9.88 Å². The molecule has 3 aromatic rings. The second-order valence-corrected chi connectivity index (χ2v) is 7.09. The molecular weight excluding hydrogens is 377 g/mol. The summed E-state index contributed by atoms with van der Waals surface area (Å²) >= 11 is 0. The minimum absolute atomic E-state index is 0.344. The minimum Gasteiger partial charge on any atom is -0.369 e. The average Bonchev–Trinajstić information content (AvgIpc) is 2.73.